The van der Waals surface area contributed by atoms with E-state index < -0.39 is 0 Å². The van der Waals surface area contributed by atoms with Crippen molar-refractivity contribution in [1.29, 1.82) is 0 Å². The molecular weight excluding hydrogens is 428 g/mol. The minimum absolute atomic E-state index is 0.0125. The Labute approximate surface area is 191 Å². The summed E-state index contributed by atoms with van der Waals surface area (Å²) in [5.41, 5.74) is 2.81. The molecule has 1 aromatic carbocycles. The molecule has 1 aliphatic rings. The van der Waals surface area contributed by atoms with Crippen LogP contribution in [0, 0.1) is 6.92 Å². The first kappa shape index (κ1) is 21.3. The van der Waals surface area contributed by atoms with E-state index in [4.69, 9.17) is 17.0 Å². The molecule has 0 bridgehead atoms. The van der Waals surface area contributed by atoms with Crippen molar-refractivity contribution in [3.8, 4) is 5.75 Å². The third-order valence-corrected chi connectivity index (χ3v) is 6.77. The van der Waals surface area contributed by atoms with Crippen molar-refractivity contribution < 1.29 is 9.53 Å². The third-order valence-electron chi connectivity index (χ3n) is 5.33. The number of carbonyl (C=O) groups is 1. The molecular formula is C23H24N4O2S2. The number of thiocarbonyl (C=S) groups is 1. The molecule has 2 atom stereocenters. The molecule has 4 rings (SSSR count). The molecule has 8 heteroatoms. The maximum absolute atomic E-state index is 12.7. The lowest BCUT2D eigenvalue weighted by molar-refractivity contribution is -0.116. The summed E-state index contributed by atoms with van der Waals surface area (Å²) in [7, 11) is 1.59. The van der Waals surface area contributed by atoms with Crippen LogP contribution < -0.4 is 15.4 Å². The number of benzene rings is 1. The maximum atomic E-state index is 12.7. The van der Waals surface area contributed by atoms with Gasteiger partial charge in [-0.2, -0.15) is 0 Å². The van der Waals surface area contributed by atoms with E-state index in [1.54, 1.807) is 24.6 Å². The van der Waals surface area contributed by atoms with Crippen LogP contribution in [0.3, 0.4) is 0 Å². The second kappa shape index (κ2) is 9.45. The topological polar surface area (TPSA) is 66.5 Å². The molecule has 1 fully saturated rings. The number of aromatic nitrogens is 1. The Hall–Kier alpha value is -2.97. The lowest BCUT2D eigenvalue weighted by atomic mass is 10.0. The molecule has 0 unspecified atom stereocenters. The Morgan fingerprint density at radius 3 is 2.77 bits per heavy atom. The molecule has 31 heavy (non-hydrogen) atoms. The molecule has 2 aromatic heterocycles. The van der Waals surface area contributed by atoms with E-state index in [0.29, 0.717) is 29.5 Å². The number of methoxy groups -OCH3 is 1. The zero-order valence-electron chi connectivity index (χ0n) is 17.4. The number of aryl methyl sites for hydroxylation is 1. The Kier molecular flexibility index (Phi) is 6.48. The van der Waals surface area contributed by atoms with E-state index in [-0.39, 0.29) is 18.0 Å². The van der Waals surface area contributed by atoms with E-state index in [1.807, 2.05) is 42.5 Å². The van der Waals surface area contributed by atoms with Crippen molar-refractivity contribution in [2.45, 2.75) is 25.4 Å². The average molecular weight is 453 g/mol. The normalized spacial score (nSPS) is 18.0. The fourth-order valence-corrected chi connectivity index (χ4v) is 5.21. The van der Waals surface area contributed by atoms with Crippen molar-refractivity contribution in [2.24, 2.45) is 0 Å². The van der Waals surface area contributed by atoms with Gasteiger partial charge in [0.1, 0.15) is 5.75 Å². The lowest BCUT2D eigenvalue weighted by Crippen LogP contribution is -2.32. The molecule has 3 aromatic rings. The number of anilines is 1. The molecule has 0 radical (unpaired) electrons. The van der Waals surface area contributed by atoms with Crippen molar-refractivity contribution in [2.75, 3.05) is 19.0 Å². The van der Waals surface area contributed by atoms with Crippen LogP contribution in [0.1, 0.15) is 34.6 Å². The Morgan fingerprint density at radius 1 is 1.26 bits per heavy atom. The van der Waals surface area contributed by atoms with E-state index in [9.17, 15) is 4.79 Å². The van der Waals surface area contributed by atoms with Gasteiger partial charge in [0.15, 0.2) is 5.11 Å². The van der Waals surface area contributed by atoms with Crippen molar-refractivity contribution >= 4 is 40.3 Å². The first-order chi connectivity index (χ1) is 15.1. The van der Waals surface area contributed by atoms with Gasteiger partial charge in [-0.1, -0.05) is 18.2 Å². The molecule has 1 aliphatic heterocycles. The summed E-state index contributed by atoms with van der Waals surface area (Å²) >= 11 is 7.38. The van der Waals surface area contributed by atoms with Gasteiger partial charge in [-0.25, -0.2) is 0 Å². The second-order valence-electron chi connectivity index (χ2n) is 7.29. The number of hydrogen-bond donors (Lipinski definition) is 2. The summed E-state index contributed by atoms with van der Waals surface area (Å²) in [6, 6.07) is 15.3. The molecule has 0 aliphatic carbocycles. The number of nitrogens with one attached hydrogen (secondary N) is 2. The molecule has 3 heterocycles. The SMILES string of the molecule is COc1ccccc1NC(=O)CCN1C(=S)N[C@H](c2ccccn2)[C@H]1c1sccc1C. The van der Waals surface area contributed by atoms with Crippen LogP contribution in [0.2, 0.25) is 0 Å². The van der Waals surface area contributed by atoms with Gasteiger partial charge in [0.05, 0.1) is 30.6 Å². The highest BCUT2D eigenvalue weighted by atomic mass is 32.1. The summed E-state index contributed by atoms with van der Waals surface area (Å²) in [5, 5.41) is 9.10. The van der Waals surface area contributed by atoms with Gasteiger partial charge in [0.2, 0.25) is 5.91 Å². The number of amides is 1. The van der Waals surface area contributed by atoms with Crippen LogP contribution in [0.25, 0.3) is 0 Å². The van der Waals surface area contributed by atoms with Crippen LogP contribution in [0.4, 0.5) is 5.69 Å². The second-order valence-corrected chi connectivity index (χ2v) is 8.62. The van der Waals surface area contributed by atoms with E-state index in [0.717, 1.165) is 5.69 Å². The van der Waals surface area contributed by atoms with Crippen molar-refractivity contribution in [1.82, 2.24) is 15.2 Å². The van der Waals surface area contributed by atoms with Crippen molar-refractivity contribution in [3.05, 3.63) is 76.2 Å². The number of hydrogen-bond acceptors (Lipinski definition) is 5. The predicted octanol–water partition coefficient (Wildman–Crippen LogP) is 4.46. The molecule has 2 N–H and O–H groups in total. The minimum Gasteiger partial charge on any atom is -0.495 e. The van der Waals surface area contributed by atoms with E-state index in [2.05, 4.69) is 38.9 Å². The quantitative estimate of drug-likeness (QED) is 0.516. The van der Waals surface area contributed by atoms with Gasteiger partial charge in [-0.3, -0.25) is 9.78 Å². The Balaban J connectivity index is 1.53. The molecule has 1 amide bonds. The molecule has 160 valence electrons. The number of ether oxygens (including phenoxy) is 1. The fourth-order valence-electron chi connectivity index (χ4n) is 3.80. The third kappa shape index (κ3) is 4.55. The Morgan fingerprint density at radius 2 is 2.06 bits per heavy atom. The van der Waals surface area contributed by atoms with Crippen molar-refractivity contribution in [3.63, 3.8) is 0 Å². The number of pyridine rings is 1. The highest BCUT2D eigenvalue weighted by Crippen LogP contribution is 2.42. The van der Waals surface area contributed by atoms with E-state index in [1.165, 1.54) is 10.4 Å². The average Bonchev–Trinajstić information content (AvgIpc) is 3.35. The number of thiophene rings is 1. The Bertz CT molecular complexity index is 1070. The molecule has 1 saturated heterocycles. The number of para-hydroxylation sites is 2. The monoisotopic (exact) mass is 452 g/mol. The van der Waals surface area contributed by atoms with Crippen LogP contribution in [0.5, 0.6) is 5.75 Å². The highest BCUT2D eigenvalue weighted by Gasteiger charge is 2.40. The first-order valence-electron chi connectivity index (χ1n) is 10.0. The smallest absolute Gasteiger partial charge is 0.226 e. The van der Waals surface area contributed by atoms with Gasteiger partial charge >= 0.3 is 0 Å². The van der Waals surface area contributed by atoms with Crippen LogP contribution >= 0.6 is 23.6 Å². The standard InChI is InChI=1S/C23H24N4O2S2/c1-15-11-14-31-22(15)21-20(17-8-5-6-12-24-17)26-23(30)27(21)13-10-19(28)25-16-7-3-4-9-18(16)29-2/h3-9,11-12,14,20-21H,10,13H2,1-2H3,(H,25,28)(H,26,30)/t20-,21+/m1/s1. The number of rotatable bonds is 7. The highest BCUT2D eigenvalue weighted by molar-refractivity contribution is 7.80. The first-order valence-corrected chi connectivity index (χ1v) is 11.3. The zero-order chi connectivity index (χ0) is 21.8. The van der Waals surface area contributed by atoms with Crippen LogP contribution in [-0.2, 0) is 4.79 Å². The van der Waals surface area contributed by atoms with Crippen LogP contribution in [0.15, 0.2) is 60.1 Å². The summed E-state index contributed by atoms with van der Waals surface area (Å²) in [4.78, 5) is 20.6. The summed E-state index contributed by atoms with van der Waals surface area (Å²) in [6.07, 6.45) is 2.09. The predicted molar refractivity (Wildman–Crippen MR) is 127 cm³/mol. The number of carbonyl (C=O) groups excluding carboxylic acids is 1. The summed E-state index contributed by atoms with van der Waals surface area (Å²) < 4.78 is 5.32. The largest absolute Gasteiger partial charge is 0.495 e. The van der Waals surface area contributed by atoms with Gasteiger partial charge in [-0.05, 0) is 60.4 Å². The fraction of sp³-hybridized carbons (Fsp3) is 0.261. The molecule has 0 saturated carbocycles. The summed E-state index contributed by atoms with van der Waals surface area (Å²) in [6.45, 7) is 2.60. The van der Waals surface area contributed by atoms with Gasteiger partial charge in [0, 0.05) is 24.0 Å². The minimum atomic E-state index is -0.0877. The van der Waals surface area contributed by atoms with E-state index >= 15 is 0 Å². The molecule has 0 spiro atoms. The van der Waals surface area contributed by atoms with Crippen LogP contribution in [-0.4, -0.2) is 34.6 Å². The zero-order valence-corrected chi connectivity index (χ0v) is 19.0. The lowest BCUT2D eigenvalue weighted by Gasteiger charge is -2.27. The maximum Gasteiger partial charge on any atom is 0.226 e. The van der Waals surface area contributed by atoms with Gasteiger partial charge < -0.3 is 20.3 Å². The van der Waals surface area contributed by atoms with Gasteiger partial charge in [-0.15, -0.1) is 11.3 Å². The molecule has 6 nitrogen and oxygen atoms in total. The van der Waals surface area contributed by atoms with Gasteiger partial charge in [0.25, 0.3) is 0 Å². The summed E-state index contributed by atoms with van der Waals surface area (Å²) in [5.74, 6) is 0.548. The number of nitrogens with zero attached hydrogens (tertiary/aromatic N) is 2.